The van der Waals surface area contributed by atoms with Crippen molar-refractivity contribution in [3.8, 4) is 11.5 Å². The van der Waals surface area contributed by atoms with Crippen molar-refractivity contribution in [2.45, 2.75) is 45.5 Å². The molecule has 1 amide bonds. The van der Waals surface area contributed by atoms with Crippen LogP contribution in [0.3, 0.4) is 0 Å². The second-order valence-corrected chi connectivity index (χ2v) is 9.38. The molecule has 1 unspecified atom stereocenters. The van der Waals surface area contributed by atoms with E-state index in [1.807, 2.05) is 54.8 Å². The number of hydrogen-bond donors (Lipinski definition) is 1. The van der Waals surface area contributed by atoms with Crippen molar-refractivity contribution in [1.82, 2.24) is 14.8 Å². The average molecular weight is 489 g/mol. The molecule has 9 heteroatoms. The van der Waals surface area contributed by atoms with Crippen LogP contribution in [-0.4, -0.2) is 33.5 Å². The van der Waals surface area contributed by atoms with E-state index in [-0.39, 0.29) is 17.8 Å². The van der Waals surface area contributed by atoms with Gasteiger partial charge in [-0.05, 0) is 49.6 Å². The number of rotatable bonds is 10. The number of halogens is 1. The second-order valence-electron chi connectivity index (χ2n) is 8.03. The van der Waals surface area contributed by atoms with Gasteiger partial charge in [0.1, 0.15) is 11.5 Å². The van der Waals surface area contributed by atoms with Gasteiger partial charge in [0.2, 0.25) is 5.91 Å². The van der Waals surface area contributed by atoms with Crippen molar-refractivity contribution in [3.63, 3.8) is 0 Å². The number of nitrogens with one attached hydrogen (secondary N) is 1. The largest absolute Gasteiger partial charge is 0.497 e. The van der Waals surface area contributed by atoms with Crippen LogP contribution in [0.15, 0.2) is 47.6 Å². The number of nitrogens with zero attached hydrogens (tertiary/aromatic N) is 3. The van der Waals surface area contributed by atoms with Crippen LogP contribution in [0, 0.1) is 12.8 Å². The molecule has 0 spiro atoms. The van der Waals surface area contributed by atoms with Gasteiger partial charge in [0.05, 0.1) is 12.9 Å². The third-order valence-electron chi connectivity index (χ3n) is 4.88. The lowest BCUT2D eigenvalue weighted by molar-refractivity contribution is -0.113. The summed E-state index contributed by atoms with van der Waals surface area (Å²) in [6, 6.07) is 12.9. The highest BCUT2D eigenvalue weighted by molar-refractivity contribution is 7.99. The van der Waals surface area contributed by atoms with Crippen LogP contribution in [0.4, 0.5) is 5.69 Å². The third kappa shape index (κ3) is 6.65. The normalized spacial score (nSPS) is 12.0. The van der Waals surface area contributed by atoms with E-state index in [9.17, 15) is 4.79 Å². The molecular weight excluding hydrogens is 460 g/mol. The maximum atomic E-state index is 12.6. The highest BCUT2D eigenvalue weighted by Crippen LogP contribution is 2.28. The first-order valence-electron chi connectivity index (χ1n) is 10.7. The summed E-state index contributed by atoms with van der Waals surface area (Å²) in [5.74, 6) is 2.55. The van der Waals surface area contributed by atoms with Gasteiger partial charge in [-0.1, -0.05) is 49.3 Å². The zero-order valence-corrected chi connectivity index (χ0v) is 21.0. The molecule has 0 aliphatic rings. The summed E-state index contributed by atoms with van der Waals surface area (Å²) in [5.41, 5.74) is 1.55. The Balaban J connectivity index is 1.71. The number of carbonyl (C=O) groups is 1. The zero-order chi connectivity index (χ0) is 24.0. The van der Waals surface area contributed by atoms with E-state index in [1.165, 1.54) is 11.8 Å². The Bertz CT molecular complexity index is 1100. The van der Waals surface area contributed by atoms with Gasteiger partial charge in [-0.3, -0.25) is 4.79 Å². The van der Waals surface area contributed by atoms with Crippen LogP contribution in [0.2, 0.25) is 5.02 Å². The Labute approximate surface area is 203 Å². The molecule has 1 heterocycles. The zero-order valence-electron chi connectivity index (χ0n) is 19.5. The summed E-state index contributed by atoms with van der Waals surface area (Å²) >= 11 is 7.50. The Morgan fingerprint density at radius 2 is 1.88 bits per heavy atom. The number of carbonyl (C=O) groups excluding carboxylic acids is 1. The smallest absolute Gasteiger partial charge is 0.234 e. The summed E-state index contributed by atoms with van der Waals surface area (Å²) in [4.78, 5) is 12.6. The van der Waals surface area contributed by atoms with Crippen molar-refractivity contribution in [1.29, 1.82) is 0 Å². The van der Waals surface area contributed by atoms with Crippen molar-refractivity contribution in [3.05, 3.63) is 58.9 Å². The molecule has 0 fully saturated rings. The Morgan fingerprint density at radius 1 is 1.15 bits per heavy atom. The fraction of sp³-hybridized carbons (Fsp3) is 0.375. The monoisotopic (exact) mass is 488 g/mol. The van der Waals surface area contributed by atoms with E-state index in [1.54, 1.807) is 13.2 Å². The van der Waals surface area contributed by atoms with Crippen LogP contribution in [0.1, 0.15) is 38.3 Å². The molecule has 3 aromatic rings. The number of hydrogen-bond acceptors (Lipinski definition) is 6. The summed E-state index contributed by atoms with van der Waals surface area (Å²) in [6.45, 7) is 8.77. The molecule has 7 nitrogen and oxygen atoms in total. The lowest BCUT2D eigenvalue weighted by Gasteiger charge is -2.18. The highest BCUT2D eigenvalue weighted by atomic mass is 35.5. The van der Waals surface area contributed by atoms with Gasteiger partial charge in [-0.2, -0.15) is 0 Å². The van der Waals surface area contributed by atoms with Crippen LogP contribution in [0.5, 0.6) is 11.5 Å². The third-order valence-corrected chi connectivity index (χ3v) is 6.26. The maximum Gasteiger partial charge on any atom is 0.234 e. The second kappa shape index (κ2) is 11.4. The molecule has 1 N–H and O–H groups in total. The van der Waals surface area contributed by atoms with Crippen LogP contribution in [-0.2, 0) is 11.3 Å². The molecule has 3 rings (SSSR count). The standard InChI is InChI=1S/C24H29ClN4O3S/c1-15(2)13-29-23(17(4)32-19-9-6-8-18(12-19)31-5)27-28-24(29)33-14-22(30)26-21-11-7-10-20(25)16(21)3/h6-12,15,17H,13-14H2,1-5H3,(H,26,30). The maximum absolute atomic E-state index is 12.6. The van der Waals surface area contributed by atoms with Gasteiger partial charge in [0, 0.05) is 23.3 Å². The number of ether oxygens (including phenoxy) is 2. The minimum atomic E-state index is -0.333. The van der Waals surface area contributed by atoms with E-state index >= 15 is 0 Å². The quantitative estimate of drug-likeness (QED) is 0.365. The van der Waals surface area contributed by atoms with Gasteiger partial charge < -0.3 is 19.4 Å². The number of thioether (sulfide) groups is 1. The molecule has 0 saturated carbocycles. The molecule has 2 aromatic carbocycles. The first kappa shape index (κ1) is 24.9. The van der Waals surface area contributed by atoms with Gasteiger partial charge in [0.25, 0.3) is 0 Å². The fourth-order valence-electron chi connectivity index (χ4n) is 3.23. The lowest BCUT2D eigenvalue weighted by Crippen LogP contribution is -2.17. The first-order chi connectivity index (χ1) is 15.8. The molecule has 0 saturated heterocycles. The molecule has 0 aliphatic carbocycles. The fourth-order valence-corrected chi connectivity index (χ4v) is 4.16. The molecule has 0 radical (unpaired) electrons. The first-order valence-corrected chi connectivity index (χ1v) is 12.1. The van der Waals surface area contributed by atoms with E-state index in [0.717, 1.165) is 11.3 Å². The van der Waals surface area contributed by atoms with Crippen molar-refractivity contribution < 1.29 is 14.3 Å². The molecule has 0 bridgehead atoms. The summed E-state index contributed by atoms with van der Waals surface area (Å²) in [5, 5.41) is 12.9. The molecule has 1 atom stereocenters. The van der Waals surface area contributed by atoms with E-state index in [2.05, 4.69) is 29.4 Å². The van der Waals surface area contributed by atoms with Crippen LogP contribution in [0.25, 0.3) is 0 Å². The number of benzene rings is 2. The van der Waals surface area contributed by atoms with E-state index < -0.39 is 0 Å². The van der Waals surface area contributed by atoms with Gasteiger partial charge in [-0.15, -0.1) is 10.2 Å². The van der Waals surface area contributed by atoms with Crippen molar-refractivity contribution in [2.24, 2.45) is 5.92 Å². The van der Waals surface area contributed by atoms with Crippen molar-refractivity contribution in [2.75, 3.05) is 18.2 Å². The Hall–Kier alpha value is -2.71. The van der Waals surface area contributed by atoms with Gasteiger partial charge in [0.15, 0.2) is 17.1 Å². The summed E-state index contributed by atoms with van der Waals surface area (Å²) in [6.07, 6.45) is -0.333. The molecule has 176 valence electrons. The van der Waals surface area contributed by atoms with Crippen LogP contribution >= 0.6 is 23.4 Å². The number of methoxy groups -OCH3 is 1. The summed E-state index contributed by atoms with van der Waals surface area (Å²) in [7, 11) is 1.62. The topological polar surface area (TPSA) is 78.3 Å². The van der Waals surface area contributed by atoms with Gasteiger partial charge in [-0.25, -0.2) is 0 Å². The van der Waals surface area contributed by atoms with Crippen molar-refractivity contribution >= 4 is 35.0 Å². The van der Waals surface area contributed by atoms with Crippen LogP contribution < -0.4 is 14.8 Å². The molecule has 33 heavy (non-hydrogen) atoms. The minimum absolute atomic E-state index is 0.133. The average Bonchev–Trinajstić information content (AvgIpc) is 3.17. The Morgan fingerprint density at radius 3 is 2.61 bits per heavy atom. The molecule has 0 aliphatic heterocycles. The SMILES string of the molecule is COc1cccc(OC(C)c2nnc(SCC(=O)Nc3cccc(Cl)c3C)n2CC(C)C)c1. The summed E-state index contributed by atoms with van der Waals surface area (Å²) < 4.78 is 13.4. The van der Waals surface area contributed by atoms with E-state index in [0.29, 0.717) is 39.9 Å². The Kier molecular flexibility index (Phi) is 8.63. The lowest BCUT2D eigenvalue weighted by atomic mass is 10.2. The number of amides is 1. The number of aromatic nitrogens is 3. The van der Waals surface area contributed by atoms with Gasteiger partial charge >= 0.3 is 0 Å². The predicted molar refractivity (Wildman–Crippen MR) is 132 cm³/mol. The number of anilines is 1. The predicted octanol–water partition coefficient (Wildman–Crippen LogP) is 5.78. The highest BCUT2D eigenvalue weighted by Gasteiger charge is 2.21. The molecular formula is C24H29ClN4O3S. The van der Waals surface area contributed by atoms with E-state index in [4.69, 9.17) is 21.1 Å². The molecule has 1 aromatic heterocycles. The minimum Gasteiger partial charge on any atom is -0.497 e.